The lowest BCUT2D eigenvalue weighted by Gasteiger charge is -2.36. The molecule has 1 N–H and O–H groups in total. The van der Waals surface area contributed by atoms with Crippen molar-refractivity contribution in [1.82, 2.24) is 10.3 Å². The number of piperidine rings is 1. The van der Waals surface area contributed by atoms with Crippen molar-refractivity contribution in [3.05, 3.63) is 35.5 Å². The number of nitrogens with zero attached hydrogens (tertiary/aromatic N) is 2. The summed E-state index contributed by atoms with van der Waals surface area (Å²) in [6.07, 6.45) is 1.29. The third-order valence-corrected chi connectivity index (χ3v) is 5.34. The molecular weight excluding hydrogens is 317 g/mol. The average molecular weight is 333 g/mol. The number of thiazole rings is 1. The molecule has 3 heterocycles. The normalized spacial score (nSPS) is 19.7. The van der Waals surface area contributed by atoms with Gasteiger partial charge in [0.15, 0.2) is 5.13 Å². The fourth-order valence-electron chi connectivity index (χ4n) is 3.05. The van der Waals surface area contributed by atoms with Crippen molar-refractivity contribution in [2.75, 3.05) is 24.5 Å². The molecule has 0 atom stereocenters. The summed E-state index contributed by atoms with van der Waals surface area (Å²) in [6.45, 7) is 2.22. The second kappa shape index (κ2) is 5.49. The molecule has 0 saturated carbocycles. The molecule has 2 fully saturated rings. The Morgan fingerprint density at radius 1 is 1.26 bits per heavy atom. The number of nitrogens with one attached hydrogen (secondary N) is 1. The lowest BCUT2D eigenvalue weighted by Crippen LogP contribution is -2.46. The molecule has 2 saturated heterocycles. The van der Waals surface area contributed by atoms with E-state index in [9.17, 15) is 9.18 Å². The molecule has 2 aliphatic heterocycles. The van der Waals surface area contributed by atoms with Crippen molar-refractivity contribution >= 4 is 22.6 Å². The second-order valence-corrected chi connectivity index (χ2v) is 6.77. The van der Waals surface area contributed by atoms with Crippen LogP contribution in [-0.2, 0) is 4.74 Å². The Morgan fingerprint density at radius 3 is 2.65 bits per heavy atom. The van der Waals surface area contributed by atoms with Crippen LogP contribution in [0.3, 0.4) is 0 Å². The van der Waals surface area contributed by atoms with E-state index >= 15 is 0 Å². The highest BCUT2D eigenvalue weighted by molar-refractivity contribution is 7.14. The monoisotopic (exact) mass is 333 g/mol. The van der Waals surface area contributed by atoms with Crippen molar-refractivity contribution in [3.8, 4) is 11.3 Å². The first kappa shape index (κ1) is 14.4. The molecule has 0 radical (unpaired) electrons. The van der Waals surface area contributed by atoms with Crippen LogP contribution in [0.4, 0.5) is 14.3 Å². The number of hydrogen-bond donors (Lipinski definition) is 1. The number of ether oxygens (including phenoxy) is 1. The number of carbonyl (C=O) groups excluding carboxylic acids is 1. The fourth-order valence-corrected chi connectivity index (χ4v) is 3.94. The first-order valence-electron chi connectivity index (χ1n) is 7.57. The number of benzene rings is 1. The first-order chi connectivity index (χ1) is 11.1. The topological polar surface area (TPSA) is 54.5 Å². The number of rotatable bonds is 2. The van der Waals surface area contributed by atoms with Crippen LogP contribution in [0.1, 0.15) is 12.8 Å². The van der Waals surface area contributed by atoms with Crippen molar-refractivity contribution in [3.63, 3.8) is 0 Å². The van der Waals surface area contributed by atoms with E-state index in [1.807, 2.05) is 5.38 Å². The molecule has 23 heavy (non-hydrogen) atoms. The van der Waals surface area contributed by atoms with E-state index in [-0.39, 0.29) is 17.5 Å². The summed E-state index contributed by atoms with van der Waals surface area (Å²) in [5, 5.41) is 5.69. The van der Waals surface area contributed by atoms with Gasteiger partial charge >= 0.3 is 6.09 Å². The van der Waals surface area contributed by atoms with E-state index in [1.54, 1.807) is 23.5 Å². The van der Waals surface area contributed by atoms with Gasteiger partial charge in [-0.1, -0.05) is 0 Å². The number of hydrogen-bond acceptors (Lipinski definition) is 5. The molecule has 7 heteroatoms. The highest BCUT2D eigenvalue weighted by Gasteiger charge is 2.43. The highest BCUT2D eigenvalue weighted by Crippen LogP contribution is 2.34. The molecule has 2 aliphatic rings. The quantitative estimate of drug-likeness (QED) is 0.918. The number of anilines is 1. The van der Waals surface area contributed by atoms with Crippen LogP contribution in [0.15, 0.2) is 29.6 Å². The maximum atomic E-state index is 13.0. The molecule has 1 aromatic carbocycles. The Balaban J connectivity index is 1.46. The molecule has 0 unspecified atom stereocenters. The summed E-state index contributed by atoms with van der Waals surface area (Å²) in [7, 11) is 0. The molecule has 0 aliphatic carbocycles. The molecular formula is C16H16FN3O2S. The Hall–Kier alpha value is -2.15. The summed E-state index contributed by atoms with van der Waals surface area (Å²) in [6, 6.07) is 6.37. The Bertz CT molecular complexity index is 723. The van der Waals surface area contributed by atoms with Gasteiger partial charge in [0.2, 0.25) is 0 Å². The van der Waals surface area contributed by atoms with Crippen molar-refractivity contribution in [1.29, 1.82) is 0 Å². The van der Waals surface area contributed by atoms with E-state index in [0.717, 1.165) is 42.3 Å². The molecule has 1 aromatic heterocycles. The summed E-state index contributed by atoms with van der Waals surface area (Å²) in [5.41, 5.74) is 1.43. The number of carbonyl (C=O) groups is 1. The molecule has 4 rings (SSSR count). The van der Waals surface area contributed by atoms with E-state index in [2.05, 4.69) is 15.2 Å². The van der Waals surface area contributed by atoms with Gasteiger partial charge in [0, 0.05) is 36.9 Å². The second-order valence-electron chi connectivity index (χ2n) is 5.94. The third kappa shape index (κ3) is 2.76. The third-order valence-electron chi connectivity index (χ3n) is 4.44. The lowest BCUT2D eigenvalue weighted by molar-refractivity contribution is 0.0367. The van der Waals surface area contributed by atoms with Crippen molar-refractivity contribution in [2.45, 2.75) is 18.4 Å². The Kier molecular flexibility index (Phi) is 3.45. The van der Waals surface area contributed by atoms with Crippen LogP contribution in [0.5, 0.6) is 0 Å². The molecule has 1 spiro atoms. The van der Waals surface area contributed by atoms with Gasteiger partial charge < -0.3 is 15.0 Å². The van der Waals surface area contributed by atoms with Crippen LogP contribution in [0.25, 0.3) is 11.3 Å². The zero-order chi connectivity index (χ0) is 15.9. The van der Waals surface area contributed by atoms with Crippen LogP contribution in [0.2, 0.25) is 0 Å². The van der Waals surface area contributed by atoms with E-state index < -0.39 is 0 Å². The van der Waals surface area contributed by atoms with Gasteiger partial charge in [0.25, 0.3) is 0 Å². The lowest BCUT2D eigenvalue weighted by atomic mass is 9.92. The van der Waals surface area contributed by atoms with E-state index in [4.69, 9.17) is 4.74 Å². The van der Waals surface area contributed by atoms with E-state index in [1.165, 1.54) is 12.1 Å². The number of halogens is 1. The maximum absolute atomic E-state index is 13.0. The SMILES string of the molecule is O=C1NCC2(CCN(c3nc(-c4ccc(F)cc4)cs3)CC2)O1. The smallest absolute Gasteiger partial charge is 0.407 e. The number of alkyl carbamates (subject to hydrolysis) is 1. The average Bonchev–Trinajstić information content (AvgIpc) is 3.17. The van der Waals surface area contributed by atoms with Gasteiger partial charge in [0.05, 0.1) is 12.2 Å². The van der Waals surface area contributed by atoms with Crippen LogP contribution >= 0.6 is 11.3 Å². The minimum Gasteiger partial charge on any atom is -0.441 e. The maximum Gasteiger partial charge on any atom is 0.407 e. The number of amides is 1. The fraction of sp³-hybridized carbons (Fsp3) is 0.375. The number of aromatic nitrogens is 1. The standard InChI is InChI=1S/C16H16FN3O2S/c17-12-3-1-11(2-4-12)13-9-23-14(19-13)20-7-5-16(6-8-20)10-18-15(21)22-16/h1-4,9H,5-8,10H2,(H,18,21). The first-order valence-corrected chi connectivity index (χ1v) is 8.45. The van der Waals surface area contributed by atoms with E-state index in [0.29, 0.717) is 6.54 Å². The largest absolute Gasteiger partial charge is 0.441 e. The predicted molar refractivity (Wildman–Crippen MR) is 86.2 cm³/mol. The molecule has 2 aromatic rings. The summed E-state index contributed by atoms with van der Waals surface area (Å²) in [4.78, 5) is 18.1. The molecule has 0 bridgehead atoms. The zero-order valence-corrected chi connectivity index (χ0v) is 13.2. The zero-order valence-electron chi connectivity index (χ0n) is 12.4. The van der Waals surface area contributed by atoms with Gasteiger partial charge in [-0.25, -0.2) is 14.2 Å². The predicted octanol–water partition coefficient (Wildman–Crippen LogP) is 3.03. The van der Waals surface area contributed by atoms with Crippen LogP contribution in [-0.4, -0.2) is 36.3 Å². The van der Waals surface area contributed by atoms with Crippen molar-refractivity contribution < 1.29 is 13.9 Å². The molecule has 1 amide bonds. The minimum atomic E-state index is -0.343. The van der Waals surface area contributed by atoms with Gasteiger partial charge in [-0.3, -0.25) is 0 Å². The van der Waals surface area contributed by atoms with Gasteiger partial charge in [0.1, 0.15) is 11.4 Å². The Labute approximate surface area is 137 Å². The summed E-state index contributed by atoms with van der Waals surface area (Å²) >= 11 is 1.58. The van der Waals surface area contributed by atoms with Crippen molar-refractivity contribution in [2.24, 2.45) is 0 Å². The molecule has 5 nitrogen and oxygen atoms in total. The summed E-state index contributed by atoms with van der Waals surface area (Å²) < 4.78 is 18.4. The van der Waals surface area contributed by atoms with Crippen LogP contribution < -0.4 is 10.2 Å². The Morgan fingerprint density at radius 2 is 2.00 bits per heavy atom. The van der Waals surface area contributed by atoms with Crippen LogP contribution in [0, 0.1) is 5.82 Å². The van der Waals surface area contributed by atoms with Gasteiger partial charge in [-0.05, 0) is 24.3 Å². The van der Waals surface area contributed by atoms with Gasteiger partial charge in [-0.2, -0.15) is 0 Å². The van der Waals surface area contributed by atoms with Gasteiger partial charge in [-0.15, -0.1) is 11.3 Å². The highest BCUT2D eigenvalue weighted by atomic mass is 32.1. The minimum absolute atomic E-state index is 0.245. The molecule has 120 valence electrons. The summed E-state index contributed by atoms with van der Waals surface area (Å²) in [5.74, 6) is -0.245.